The Kier molecular flexibility index (Phi) is 6.04. The molecule has 1 heterocycles. The lowest BCUT2D eigenvalue weighted by Gasteiger charge is -2.22. The molecule has 22 heavy (non-hydrogen) atoms. The zero-order valence-corrected chi connectivity index (χ0v) is 15.3. The third kappa shape index (κ3) is 5.10. The molecule has 2 rings (SSSR count). The topological polar surface area (TPSA) is 75.7 Å². The molecule has 1 saturated heterocycles. The first-order valence-corrected chi connectivity index (χ1v) is 9.90. The van der Waals surface area contributed by atoms with Crippen LogP contribution in [0.1, 0.15) is 12.8 Å². The number of ether oxygens (including phenoxy) is 1. The van der Waals surface area contributed by atoms with Crippen LogP contribution in [0.5, 0.6) is 0 Å². The number of nitrogens with one attached hydrogen (secondary N) is 1. The van der Waals surface area contributed by atoms with Gasteiger partial charge in [-0.15, -0.1) is 0 Å². The summed E-state index contributed by atoms with van der Waals surface area (Å²) in [5.74, 6) is -0.334. The van der Waals surface area contributed by atoms with E-state index in [2.05, 4.69) is 27.9 Å². The lowest BCUT2D eigenvalue weighted by Crippen LogP contribution is -2.42. The van der Waals surface area contributed by atoms with Crippen LogP contribution in [0.25, 0.3) is 0 Å². The predicted octanol–water partition coefficient (Wildman–Crippen LogP) is 1.35. The molecule has 1 N–H and O–H groups in total. The van der Waals surface area contributed by atoms with Crippen molar-refractivity contribution in [2.75, 3.05) is 30.3 Å². The molecule has 0 aromatic heterocycles. The van der Waals surface area contributed by atoms with E-state index < -0.39 is 10.0 Å². The van der Waals surface area contributed by atoms with Gasteiger partial charge in [-0.2, -0.15) is 0 Å². The third-order valence-corrected chi connectivity index (χ3v) is 5.21. The number of hydrogen-bond acceptors (Lipinski definition) is 4. The van der Waals surface area contributed by atoms with Crippen molar-refractivity contribution in [1.82, 2.24) is 5.32 Å². The van der Waals surface area contributed by atoms with Crippen molar-refractivity contribution in [3.8, 4) is 0 Å². The molecule has 1 aliphatic heterocycles. The summed E-state index contributed by atoms with van der Waals surface area (Å²) in [6.45, 7) is 0.911. The third-order valence-electron chi connectivity index (χ3n) is 3.35. The summed E-state index contributed by atoms with van der Waals surface area (Å²) in [5, 5.41) is 2.74. The van der Waals surface area contributed by atoms with Crippen LogP contribution < -0.4 is 9.62 Å². The summed E-state index contributed by atoms with van der Waals surface area (Å²) < 4.78 is 31.4. The van der Waals surface area contributed by atoms with Crippen LogP contribution in [-0.4, -0.2) is 46.4 Å². The molecule has 0 radical (unpaired) electrons. The van der Waals surface area contributed by atoms with Crippen molar-refractivity contribution in [2.45, 2.75) is 18.9 Å². The van der Waals surface area contributed by atoms with Crippen LogP contribution in [0.15, 0.2) is 24.3 Å². The highest BCUT2D eigenvalue weighted by Gasteiger charge is 2.22. The van der Waals surface area contributed by atoms with Gasteiger partial charge in [0.15, 0.2) is 0 Å². The molecule has 6 nitrogen and oxygen atoms in total. The van der Waals surface area contributed by atoms with E-state index >= 15 is 0 Å². The van der Waals surface area contributed by atoms with E-state index in [1.807, 2.05) is 0 Å². The lowest BCUT2D eigenvalue weighted by atomic mass is 10.2. The highest BCUT2D eigenvalue weighted by atomic mass is 127. The molecule has 1 aliphatic rings. The van der Waals surface area contributed by atoms with Gasteiger partial charge in [-0.3, -0.25) is 9.10 Å². The summed E-state index contributed by atoms with van der Waals surface area (Å²) in [4.78, 5) is 12.0. The van der Waals surface area contributed by atoms with Crippen molar-refractivity contribution in [1.29, 1.82) is 0 Å². The molecule has 8 heteroatoms. The summed E-state index contributed by atoms with van der Waals surface area (Å²) in [6, 6.07) is 6.99. The first-order chi connectivity index (χ1) is 10.4. The van der Waals surface area contributed by atoms with Crippen LogP contribution >= 0.6 is 22.6 Å². The number of hydrogen-bond donors (Lipinski definition) is 1. The Morgan fingerprint density at radius 1 is 1.41 bits per heavy atom. The van der Waals surface area contributed by atoms with Crippen molar-refractivity contribution < 1.29 is 17.9 Å². The molecule has 0 bridgehead atoms. The monoisotopic (exact) mass is 438 g/mol. The molecular formula is C14H19IN2O4S. The van der Waals surface area contributed by atoms with Gasteiger partial charge in [0, 0.05) is 16.7 Å². The standard InChI is InChI=1S/C14H19IN2O4S/c1-22(19,20)17(12-6-4-11(15)5-7-12)10-14(18)16-9-13-3-2-8-21-13/h4-7,13H,2-3,8-10H2,1H3,(H,16,18)/t13-/m0/s1. The Labute approximate surface area is 144 Å². The Hall–Kier alpha value is -0.870. The van der Waals surface area contributed by atoms with Crippen molar-refractivity contribution in [3.05, 3.63) is 27.8 Å². The lowest BCUT2D eigenvalue weighted by molar-refractivity contribution is -0.120. The number of anilines is 1. The highest BCUT2D eigenvalue weighted by Crippen LogP contribution is 2.19. The molecule has 122 valence electrons. The Morgan fingerprint density at radius 3 is 2.64 bits per heavy atom. The van der Waals surface area contributed by atoms with Crippen molar-refractivity contribution in [2.24, 2.45) is 0 Å². The second kappa shape index (κ2) is 7.60. The minimum atomic E-state index is -3.52. The van der Waals surface area contributed by atoms with E-state index in [0.29, 0.717) is 12.2 Å². The van der Waals surface area contributed by atoms with Gasteiger partial charge in [0.25, 0.3) is 0 Å². The molecule has 0 unspecified atom stereocenters. The number of sulfonamides is 1. The number of amides is 1. The van der Waals surface area contributed by atoms with Gasteiger partial charge in [0.2, 0.25) is 15.9 Å². The molecule has 1 atom stereocenters. The molecule has 1 aromatic carbocycles. The fraction of sp³-hybridized carbons (Fsp3) is 0.500. The van der Waals surface area contributed by atoms with Crippen molar-refractivity contribution in [3.63, 3.8) is 0 Å². The van der Waals surface area contributed by atoms with Gasteiger partial charge in [0.1, 0.15) is 6.54 Å². The first-order valence-electron chi connectivity index (χ1n) is 6.98. The second-order valence-corrected chi connectivity index (χ2v) is 8.34. The average molecular weight is 438 g/mol. The molecule has 1 aromatic rings. The summed E-state index contributed by atoms with van der Waals surface area (Å²) >= 11 is 2.14. The van der Waals surface area contributed by atoms with E-state index in [-0.39, 0.29) is 18.6 Å². The predicted molar refractivity (Wildman–Crippen MR) is 93.3 cm³/mol. The van der Waals surface area contributed by atoms with Gasteiger partial charge in [-0.1, -0.05) is 0 Å². The van der Waals surface area contributed by atoms with Crippen molar-refractivity contribution >= 4 is 44.2 Å². The summed E-state index contributed by atoms with van der Waals surface area (Å²) in [6.07, 6.45) is 3.05. The molecule has 0 spiro atoms. The van der Waals surface area contributed by atoms with Gasteiger partial charge < -0.3 is 10.1 Å². The Morgan fingerprint density at radius 2 is 2.09 bits per heavy atom. The van der Waals surface area contributed by atoms with Crippen LogP contribution in [0, 0.1) is 3.57 Å². The molecular weight excluding hydrogens is 419 g/mol. The molecule has 0 saturated carbocycles. The van der Waals surface area contributed by atoms with E-state index in [1.165, 1.54) is 0 Å². The highest BCUT2D eigenvalue weighted by molar-refractivity contribution is 14.1. The maximum absolute atomic E-state index is 12.0. The van der Waals surface area contributed by atoms with Crippen LogP contribution in [0.4, 0.5) is 5.69 Å². The normalized spacial score (nSPS) is 18.2. The minimum absolute atomic E-state index is 0.0361. The fourth-order valence-corrected chi connectivity index (χ4v) is 3.44. The second-order valence-electron chi connectivity index (χ2n) is 5.19. The quantitative estimate of drug-likeness (QED) is 0.681. The largest absolute Gasteiger partial charge is 0.376 e. The summed E-state index contributed by atoms with van der Waals surface area (Å²) in [7, 11) is -3.52. The van der Waals surface area contributed by atoms with Gasteiger partial charge in [-0.25, -0.2) is 8.42 Å². The van der Waals surface area contributed by atoms with E-state index in [4.69, 9.17) is 4.74 Å². The molecule has 0 aliphatic carbocycles. The zero-order valence-electron chi connectivity index (χ0n) is 12.3. The number of rotatable bonds is 6. The number of carbonyl (C=O) groups is 1. The van der Waals surface area contributed by atoms with Gasteiger partial charge in [-0.05, 0) is 59.7 Å². The maximum atomic E-state index is 12.0. The van der Waals surface area contributed by atoms with Crippen LogP contribution in [0.3, 0.4) is 0 Å². The molecule has 1 fully saturated rings. The minimum Gasteiger partial charge on any atom is -0.376 e. The maximum Gasteiger partial charge on any atom is 0.240 e. The summed E-state index contributed by atoms with van der Waals surface area (Å²) in [5.41, 5.74) is 0.482. The Balaban J connectivity index is 2.00. The van der Waals surface area contributed by atoms with E-state index in [9.17, 15) is 13.2 Å². The number of carbonyl (C=O) groups excluding carboxylic acids is 1. The zero-order chi connectivity index (χ0) is 16.2. The first kappa shape index (κ1) is 17.5. The van der Waals surface area contributed by atoms with Crippen LogP contribution in [0.2, 0.25) is 0 Å². The van der Waals surface area contributed by atoms with E-state index in [1.54, 1.807) is 24.3 Å². The van der Waals surface area contributed by atoms with Crippen LogP contribution in [-0.2, 0) is 19.6 Å². The molecule has 1 amide bonds. The van der Waals surface area contributed by atoms with Gasteiger partial charge >= 0.3 is 0 Å². The number of nitrogens with zero attached hydrogens (tertiary/aromatic N) is 1. The van der Waals surface area contributed by atoms with E-state index in [0.717, 1.165) is 33.6 Å². The average Bonchev–Trinajstić information content (AvgIpc) is 2.96. The smallest absolute Gasteiger partial charge is 0.240 e. The Bertz CT molecular complexity index is 612. The van der Waals surface area contributed by atoms with Gasteiger partial charge in [0.05, 0.1) is 18.0 Å². The fourth-order valence-electron chi connectivity index (χ4n) is 2.23. The SMILES string of the molecule is CS(=O)(=O)N(CC(=O)NC[C@@H]1CCCO1)c1ccc(I)cc1. The number of halogens is 1. The number of benzene rings is 1.